The van der Waals surface area contributed by atoms with Crippen LogP contribution in [0.2, 0.25) is 0 Å². The fourth-order valence-electron chi connectivity index (χ4n) is 0.859. The largest absolute Gasteiger partial charge is 0.445 e. The van der Waals surface area contributed by atoms with Crippen LogP contribution in [0.5, 0.6) is 0 Å². The minimum atomic E-state index is -4.42. The van der Waals surface area contributed by atoms with E-state index in [9.17, 15) is 13.2 Å². The Labute approximate surface area is 102 Å². The minimum Gasteiger partial charge on any atom is -0.358 e. The summed E-state index contributed by atoms with van der Waals surface area (Å²) in [6.07, 6.45) is -4.42. The summed E-state index contributed by atoms with van der Waals surface area (Å²) in [4.78, 5) is 1.98. The van der Waals surface area contributed by atoms with E-state index in [2.05, 4.69) is 15.5 Å². The first-order chi connectivity index (χ1) is 7.63. The standard InChI is InChI=1S/C9H15F3N4S/c1-8(2,16(3)4)5-13-7-15-14-6(17-7)9(10,11)12/h5H2,1-4H3,(H,13,15). The molecule has 8 heteroatoms. The van der Waals surface area contributed by atoms with Crippen LogP contribution < -0.4 is 5.32 Å². The third-order valence-corrected chi connectivity index (χ3v) is 3.48. The van der Waals surface area contributed by atoms with E-state index in [1.807, 2.05) is 32.8 Å². The lowest BCUT2D eigenvalue weighted by atomic mass is 10.1. The number of nitrogens with zero attached hydrogens (tertiary/aromatic N) is 3. The Morgan fingerprint density at radius 3 is 2.24 bits per heavy atom. The van der Waals surface area contributed by atoms with Crippen LogP contribution in [0.1, 0.15) is 18.9 Å². The Bertz CT molecular complexity index is 373. The summed E-state index contributed by atoms with van der Waals surface area (Å²) in [6.45, 7) is 4.45. The molecule has 98 valence electrons. The van der Waals surface area contributed by atoms with Gasteiger partial charge in [-0.25, -0.2) is 0 Å². The predicted molar refractivity (Wildman–Crippen MR) is 61.2 cm³/mol. The highest BCUT2D eigenvalue weighted by Gasteiger charge is 2.35. The zero-order chi connectivity index (χ0) is 13.3. The third-order valence-electron chi connectivity index (χ3n) is 2.55. The number of rotatable bonds is 4. The van der Waals surface area contributed by atoms with E-state index in [-0.39, 0.29) is 10.7 Å². The van der Waals surface area contributed by atoms with Gasteiger partial charge in [0.15, 0.2) is 0 Å². The molecule has 0 spiro atoms. The second-order valence-electron chi connectivity index (χ2n) is 4.47. The molecular formula is C9H15F3N4S. The SMILES string of the molecule is CN(C)C(C)(C)CNc1nnc(C(F)(F)F)s1. The van der Waals surface area contributed by atoms with Crippen molar-refractivity contribution in [2.75, 3.05) is 26.0 Å². The number of anilines is 1. The molecule has 1 aromatic rings. The van der Waals surface area contributed by atoms with Crippen molar-refractivity contribution in [3.63, 3.8) is 0 Å². The minimum absolute atomic E-state index is 0.177. The number of aromatic nitrogens is 2. The van der Waals surface area contributed by atoms with Crippen molar-refractivity contribution >= 4 is 16.5 Å². The maximum atomic E-state index is 12.3. The van der Waals surface area contributed by atoms with Crippen LogP contribution in [0.15, 0.2) is 0 Å². The fraction of sp³-hybridized carbons (Fsp3) is 0.778. The Morgan fingerprint density at radius 1 is 1.24 bits per heavy atom. The lowest BCUT2D eigenvalue weighted by Crippen LogP contribution is -2.44. The second kappa shape index (κ2) is 4.77. The van der Waals surface area contributed by atoms with Crippen molar-refractivity contribution in [2.45, 2.75) is 25.6 Å². The molecule has 0 aromatic carbocycles. The van der Waals surface area contributed by atoms with Gasteiger partial charge in [-0.2, -0.15) is 13.2 Å². The number of hydrogen-bond donors (Lipinski definition) is 1. The molecule has 1 N–H and O–H groups in total. The zero-order valence-electron chi connectivity index (χ0n) is 10.1. The molecule has 4 nitrogen and oxygen atoms in total. The van der Waals surface area contributed by atoms with Gasteiger partial charge < -0.3 is 10.2 Å². The monoisotopic (exact) mass is 268 g/mol. The Hall–Kier alpha value is -0.890. The molecule has 0 radical (unpaired) electrons. The van der Waals surface area contributed by atoms with Gasteiger partial charge in [0.05, 0.1) is 0 Å². The molecule has 17 heavy (non-hydrogen) atoms. The smallest absolute Gasteiger partial charge is 0.358 e. The third kappa shape index (κ3) is 3.81. The van der Waals surface area contributed by atoms with Crippen LogP contribution in [0.3, 0.4) is 0 Å². The van der Waals surface area contributed by atoms with E-state index in [4.69, 9.17) is 0 Å². The first kappa shape index (κ1) is 14.2. The molecular weight excluding hydrogens is 253 g/mol. The van der Waals surface area contributed by atoms with Gasteiger partial charge in [0, 0.05) is 12.1 Å². The summed E-state index contributed by atoms with van der Waals surface area (Å²) >= 11 is 0.515. The first-order valence-corrected chi connectivity index (χ1v) is 5.76. The normalized spacial score (nSPS) is 13.2. The van der Waals surface area contributed by atoms with E-state index in [1.54, 1.807) is 0 Å². The fourth-order valence-corrected chi connectivity index (χ4v) is 1.47. The zero-order valence-corrected chi connectivity index (χ0v) is 10.9. The van der Waals surface area contributed by atoms with Crippen molar-refractivity contribution in [1.82, 2.24) is 15.1 Å². The molecule has 0 aliphatic heterocycles. The maximum Gasteiger partial charge on any atom is 0.445 e. The van der Waals surface area contributed by atoms with Gasteiger partial charge in [0.2, 0.25) is 10.1 Å². The molecule has 0 amide bonds. The lowest BCUT2D eigenvalue weighted by molar-refractivity contribution is -0.138. The highest BCUT2D eigenvalue weighted by atomic mass is 32.1. The molecule has 0 unspecified atom stereocenters. The van der Waals surface area contributed by atoms with Gasteiger partial charge in [0.1, 0.15) is 0 Å². The highest BCUT2D eigenvalue weighted by molar-refractivity contribution is 7.15. The van der Waals surface area contributed by atoms with Crippen molar-refractivity contribution in [1.29, 1.82) is 0 Å². The summed E-state index contributed by atoms with van der Waals surface area (Å²) in [5.41, 5.74) is -0.177. The van der Waals surface area contributed by atoms with Crippen LogP contribution in [0.4, 0.5) is 18.3 Å². The highest BCUT2D eigenvalue weighted by Crippen LogP contribution is 2.33. The Balaban J connectivity index is 2.63. The summed E-state index contributed by atoms with van der Waals surface area (Å²) in [5, 5.41) is 8.69. The molecule has 1 rings (SSSR count). The van der Waals surface area contributed by atoms with Crippen molar-refractivity contribution in [2.24, 2.45) is 0 Å². The van der Waals surface area contributed by atoms with E-state index in [0.29, 0.717) is 17.9 Å². The summed E-state index contributed by atoms with van der Waals surface area (Å²) in [5.74, 6) is 0. The predicted octanol–water partition coefficient (Wildman–Crippen LogP) is 2.31. The lowest BCUT2D eigenvalue weighted by Gasteiger charge is -2.32. The first-order valence-electron chi connectivity index (χ1n) is 4.95. The molecule has 0 bridgehead atoms. The van der Waals surface area contributed by atoms with Crippen LogP contribution in [0, 0.1) is 0 Å². The molecule has 0 aliphatic carbocycles. The van der Waals surface area contributed by atoms with Crippen molar-refractivity contribution in [3.05, 3.63) is 5.01 Å². The van der Waals surface area contributed by atoms with Gasteiger partial charge in [-0.3, -0.25) is 0 Å². The van der Waals surface area contributed by atoms with Crippen molar-refractivity contribution in [3.8, 4) is 0 Å². The van der Waals surface area contributed by atoms with Gasteiger partial charge in [-0.1, -0.05) is 11.3 Å². The van der Waals surface area contributed by atoms with Gasteiger partial charge >= 0.3 is 6.18 Å². The Kier molecular flexibility index (Phi) is 3.98. The Morgan fingerprint density at radius 2 is 1.82 bits per heavy atom. The van der Waals surface area contributed by atoms with Gasteiger partial charge in [-0.05, 0) is 27.9 Å². The molecule has 0 fully saturated rings. The van der Waals surface area contributed by atoms with Crippen molar-refractivity contribution < 1.29 is 13.2 Å². The molecule has 1 heterocycles. The number of likely N-dealkylation sites (N-methyl/N-ethyl adjacent to an activating group) is 1. The molecule has 0 saturated carbocycles. The second-order valence-corrected chi connectivity index (χ2v) is 5.45. The van der Waals surface area contributed by atoms with Crippen LogP contribution in [-0.4, -0.2) is 41.3 Å². The number of alkyl halides is 3. The average molecular weight is 268 g/mol. The van der Waals surface area contributed by atoms with Crippen LogP contribution in [0.25, 0.3) is 0 Å². The molecule has 0 saturated heterocycles. The number of nitrogens with one attached hydrogen (secondary N) is 1. The van der Waals surface area contributed by atoms with Gasteiger partial charge in [-0.15, -0.1) is 10.2 Å². The topological polar surface area (TPSA) is 41.0 Å². The van der Waals surface area contributed by atoms with Crippen LogP contribution >= 0.6 is 11.3 Å². The number of halogens is 3. The number of hydrogen-bond acceptors (Lipinski definition) is 5. The molecule has 0 aliphatic rings. The van der Waals surface area contributed by atoms with E-state index in [0.717, 1.165) is 0 Å². The quantitative estimate of drug-likeness (QED) is 0.909. The van der Waals surface area contributed by atoms with Crippen LogP contribution in [-0.2, 0) is 6.18 Å². The summed E-state index contributed by atoms with van der Waals surface area (Å²) in [7, 11) is 3.81. The summed E-state index contributed by atoms with van der Waals surface area (Å²) < 4.78 is 36.8. The van der Waals surface area contributed by atoms with E-state index < -0.39 is 11.2 Å². The average Bonchev–Trinajstić information content (AvgIpc) is 2.62. The molecule has 0 atom stereocenters. The van der Waals surface area contributed by atoms with E-state index >= 15 is 0 Å². The maximum absolute atomic E-state index is 12.3. The molecule has 1 aromatic heterocycles. The summed E-state index contributed by atoms with van der Waals surface area (Å²) in [6, 6.07) is 0. The van der Waals surface area contributed by atoms with Gasteiger partial charge in [0.25, 0.3) is 0 Å². The van der Waals surface area contributed by atoms with E-state index in [1.165, 1.54) is 0 Å².